The number of amides is 1. The van der Waals surface area contributed by atoms with Crippen molar-refractivity contribution in [1.82, 2.24) is 5.32 Å². The van der Waals surface area contributed by atoms with E-state index in [4.69, 9.17) is 9.52 Å². The van der Waals surface area contributed by atoms with Crippen LogP contribution in [0.1, 0.15) is 50.0 Å². The molecular weight excluding hydrogens is 242 g/mol. The van der Waals surface area contributed by atoms with Crippen LogP contribution in [-0.4, -0.2) is 23.2 Å². The lowest BCUT2D eigenvalue weighted by Crippen LogP contribution is -2.39. The molecule has 0 aliphatic heterocycles. The van der Waals surface area contributed by atoms with Crippen LogP contribution in [0.15, 0.2) is 16.5 Å². The number of hydrogen-bond acceptors (Lipinski definition) is 3. The molecule has 0 saturated heterocycles. The molecule has 19 heavy (non-hydrogen) atoms. The molecule has 0 bridgehead atoms. The number of nitrogens with one attached hydrogen (secondary N) is 1. The molecule has 104 valence electrons. The van der Waals surface area contributed by atoms with E-state index in [1.165, 1.54) is 6.42 Å². The minimum Gasteiger partial charge on any atom is -0.466 e. The van der Waals surface area contributed by atoms with E-state index in [1.807, 2.05) is 12.1 Å². The zero-order valence-corrected chi connectivity index (χ0v) is 11.3. The van der Waals surface area contributed by atoms with Gasteiger partial charge in [0.1, 0.15) is 11.5 Å². The lowest BCUT2D eigenvalue weighted by molar-refractivity contribution is -0.122. The van der Waals surface area contributed by atoms with Gasteiger partial charge in [0, 0.05) is 18.8 Å². The van der Waals surface area contributed by atoms with Gasteiger partial charge in [0.25, 0.3) is 0 Å². The zero-order chi connectivity index (χ0) is 13.5. The molecule has 3 rings (SSSR count). The maximum atomic E-state index is 11.8. The molecule has 1 aromatic heterocycles. The van der Waals surface area contributed by atoms with E-state index in [1.54, 1.807) is 0 Å². The Morgan fingerprint density at radius 3 is 2.84 bits per heavy atom. The van der Waals surface area contributed by atoms with Crippen molar-refractivity contribution in [2.24, 2.45) is 5.92 Å². The van der Waals surface area contributed by atoms with Gasteiger partial charge in [0.05, 0.1) is 12.1 Å². The molecule has 2 aliphatic carbocycles. The maximum Gasteiger partial charge on any atom is 0.220 e. The molecular formula is C15H21NO3. The number of aryl methyl sites for hydroxylation is 1. The summed E-state index contributed by atoms with van der Waals surface area (Å²) in [5.41, 5.74) is -0.311. The van der Waals surface area contributed by atoms with Crippen molar-refractivity contribution >= 4 is 5.91 Å². The van der Waals surface area contributed by atoms with E-state index in [9.17, 15) is 4.79 Å². The second-order valence-electron chi connectivity index (χ2n) is 6.11. The Morgan fingerprint density at radius 2 is 2.26 bits per heavy atom. The number of hydrogen-bond donors (Lipinski definition) is 2. The van der Waals surface area contributed by atoms with E-state index in [0.29, 0.717) is 18.8 Å². The molecule has 2 fully saturated rings. The first-order valence-corrected chi connectivity index (χ1v) is 7.12. The predicted octanol–water partition coefficient (Wildman–Crippen LogP) is 1.98. The van der Waals surface area contributed by atoms with Crippen molar-refractivity contribution in [2.75, 3.05) is 6.61 Å². The third-order valence-electron chi connectivity index (χ3n) is 4.32. The van der Waals surface area contributed by atoms with Gasteiger partial charge in [0.2, 0.25) is 5.91 Å². The average Bonchev–Trinajstić information content (AvgIpc) is 3.28. The van der Waals surface area contributed by atoms with Crippen molar-refractivity contribution in [2.45, 2.75) is 50.5 Å². The van der Waals surface area contributed by atoms with Gasteiger partial charge in [-0.05, 0) is 37.3 Å². The largest absolute Gasteiger partial charge is 0.466 e. The van der Waals surface area contributed by atoms with E-state index < -0.39 is 0 Å². The number of aliphatic hydroxyl groups is 1. The van der Waals surface area contributed by atoms with Crippen LogP contribution in [0.3, 0.4) is 0 Å². The van der Waals surface area contributed by atoms with E-state index >= 15 is 0 Å². The molecule has 2 saturated carbocycles. The number of furan rings is 1. The fourth-order valence-electron chi connectivity index (χ4n) is 2.52. The van der Waals surface area contributed by atoms with E-state index in [-0.39, 0.29) is 18.1 Å². The number of carbonyl (C=O) groups is 1. The molecule has 2 unspecified atom stereocenters. The molecule has 1 heterocycles. The first-order valence-electron chi connectivity index (χ1n) is 7.12. The fourth-order valence-corrected chi connectivity index (χ4v) is 2.52. The van der Waals surface area contributed by atoms with E-state index in [2.05, 4.69) is 12.2 Å². The molecule has 2 aliphatic rings. The minimum atomic E-state index is -0.311. The van der Waals surface area contributed by atoms with Gasteiger partial charge in [-0.25, -0.2) is 0 Å². The van der Waals surface area contributed by atoms with Crippen LogP contribution in [0.2, 0.25) is 0 Å². The maximum absolute atomic E-state index is 11.8. The van der Waals surface area contributed by atoms with Crippen molar-refractivity contribution < 1.29 is 14.3 Å². The van der Waals surface area contributed by atoms with Crippen molar-refractivity contribution in [3.05, 3.63) is 23.7 Å². The molecule has 4 nitrogen and oxygen atoms in total. The molecule has 0 radical (unpaired) electrons. The molecule has 4 heteroatoms. The lowest BCUT2D eigenvalue weighted by atomic mass is 10.2. The van der Waals surface area contributed by atoms with Crippen LogP contribution >= 0.6 is 0 Å². The van der Waals surface area contributed by atoms with Crippen molar-refractivity contribution in [3.63, 3.8) is 0 Å². The predicted molar refractivity (Wildman–Crippen MR) is 70.7 cm³/mol. The Morgan fingerprint density at radius 1 is 1.53 bits per heavy atom. The quantitative estimate of drug-likeness (QED) is 0.825. The average molecular weight is 263 g/mol. The third-order valence-corrected chi connectivity index (χ3v) is 4.32. The van der Waals surface area contributed by atoms with Gasteiger partial charge < -0.3 is 14.8 Å². The van der Waals surface area contributed by atoms with Gasteiger partial charge in [0.15, 0.2) is 0 Å². The summed E-state index contributed by atoms with van der Waals surface area (Å²) in [6, 6.07) is 4.02. The Labute approximate surface area is 113 Å². The summed E-state index contributed by atoms with van der Waals surface area (Å²) in [5, 5.41) is 12.1. The number of rotatable bonds is 6. The summed E-state index contributed by atoms with van der Waals surface area (Å²) < 4.78 is 5.77. The highest BCUT2D eigenvalue weighted by Crippen LogP contribution is 2.47. The van der Waals surface area contributed by atoms with Gasteiger partial charge in [-0.2, -0.15) is 0 Å². The van der Waals surface area contributed by atoms with Gasteiger partial charge >= 0.3 is 0 Å². The second-order valence-corrected chi connectivity index (χ2v) is 6.11. The highest BCUT2D eigenvalue weighted by molar-refractivity contribution is 5.77. The van der Waals surface area contributed by atoms with Gasteiger partial charge in [-0.1, -0.05) is 6.92 Å². The molecule has 0 spiro atoms. The normalized spacial score (nSPS) is 27.1. The van der Waals surface area contributed by atoms with E-state index in [0.717, 1.165) is 30.3 Å². The summed E-state index contributed by atoms with van der Waals surface area (Å²) in [7, 11) is 0. The monoisotopic (exact) mass is 263 g/mol. The highest BCUT2D eigenvalue weighted by atomic mass is 16.3. The summed E-state index contributed by atoms with van der Waals surface area (Å²) in [4.78, 5) is 11.8. The van der Waals surface area contributed by atoms with Crippen molar-refractivity contribution in [1.29, 1.82) is 0 Å². The summed E-state index contributed by atoms with van der Waals surface area (Å²) >= 11 is 0. The number of aliphatic hydroxyl groups excluding tert-OH is 1. The summed E-state index contributed by atoms with van der Waals surface area (Å²) in [5.74, 6) is 3.28. The third kappa shape index (κ3) is 2.84. The van der Waals surface area contributed by atoms with Crippen LogP contribution < -0.4 is 5.32 Å². The SMILES string of the molecule is CC1CC1c1ccc(CCC(=O)NC2(CO)CC2)o1. The Kier molecular flexibility index (Phi) is 3.13. The highest BCUT2D eigenvalue weighted by Gasteiger charge is 2.43. The molecule has 2 N–H and O–H groups in total. The first kappa shape index (κ1) is 12.7. The first-order chi connectivity index (χ1) is 9.12. The van der Waals surface area contributed by atoms with Crippen LogP contribution in [-0.2, 0) is 11.2 Å². The van der Waals surface area contributed by atoms with Crippen LogP contribution in [0.25, 0.3) is 0 Å². The Hall–Kier alpha value is -1.29. The van der Waals surface area contributed by atoms with Crippen LogP contribution in [0.4, 0.5) is 0 Å². The summed E-state index contributed by atoms with van der Waals surface area (Å²) in [6.07, 6.45) is 4.05. The van der Waals surface area contributed by atoms with Gasteiger partial charge in [-0.15, -0.1) is 0 Å². The molecule has 0 aromatic carbocycles. The van der Waals surface area contributed by atoms with Crippen molar-refractivity contribution in [3.8, 4) is 0 Å². The summed E-state index contributed by atoms with van der Waals surface area (Å²) in [6.45, 7) is 2.27. The lowest BCUT2D eigenvalue weighted by Gasteiger charge is -2.13. The zero-order valence-electron chi connectivity index (χ0n) is 11.3. The van der Waals surface area contributed by atoms with Crippen LogP contribution in [0, 0.1) is 5.92 Å². The Bertz CT molecular complexity index is 475. The standard InChI is InChI=1S/C15H21NO3/c1-10-8-12(10)13-4-2-11(19-13)3-5-14(18)16-15(9-17)6-7-15/h2,4,10,12,17H,3,5-9H2,1H3,(H,16,18). The molecule has 1 amide bonds. The van der Waals surface area contributed by atoms with Crippen LogP contribution in [0.5, 0.6) is 0 Å². The fraction of sp³-hybridized carbons (Fsp3) is 0.667. The smallest absolute Gasteiger partial charge is 0.220 e. The minimum absolute atomic E-state index is 0.00397. The molecule has 2 atom stereocenters. The topological polar surface area (TPSA) is 62.5 Å². The number of carbonyl (C=O) groups excluding carboxylic acids is 1. The molecule has 1 aromatic rings. The Balaban J connectivity index is 1.46. The van der Waals surface area contributed by atoms with Gasteiger partial charge in [-0.3, -0.25) is 4.79 Å². The second kappa shape index (κ2) is 4.67.